The first-order valence-corrected chi connectivity index (χ1v) is 5.67. The van der Waals surface area contributed by atoms with Gasteiger partial charge in [0, 0.05) is 12.2 Å². The van der Waals surface area contributed by atoms with Crippen LogP contribution in [0.1, 0.15) is 13.8 Å². The fraction of sp³-hybridized carbons (Fsp3) is 0.538. The second-order valence-corrected chi connectivity index (χ2v) is 4.31. The molecule has 0 radical (unpaired) electrons. The minimum absolute atomic E-state index is 0.676. The maximum Gasteiger partial charge on any atom is 0.0340 e. The van der Waals surface area contributed by atoms with Crippen LogP contribution in [0.15, 0.2) is 30.3 Å². The summed E-state index contributed by atoms with van der Waals surface area (Å²) in [6.07, 6.45) is 0. The second-order valence-electron chi connectivity index (χ2n) is 4.31. The van der Waals surface area contributed by atoms with Gasteiger partial charge in [-0.05, 0) is 37.6 Å². The molecular weight excluding hydrogens is 184 g/mol. The molecule has 2 heteroatoms. The SMILES string of the molecule is CNCC(CNc1ccccc1)C(C)C. The second kappa shape index (κ2) is 6.46. The van der Waals surface area contributed by atoms with Crippen LogP contribution in [0.4, 0.5) is 5.69 Å². The predicted molar refractivity (Wildman–Crippen MR) is 67.2 cm³/mol. The lowest BCUT2D eigenvalue weighted by atomic mass is 9.96. The van der Waals surface area contributed by atoms with Crippen LogP contribution in [0.5, 0.6) is 0 Å². The van der Waals surface area contributed by atoms with Crippen molar-refractivity contribution in [2.24, 2.45) is 11.8 Å². The van der Waals surface area contributed by atoms with Crippen molar-refractivity contribution in [1.82, 2.24) is 5.32 Å². The van der Waals surface area contributed by atoms with Gasteiger partial charge in [0.2, 0.25) is 0 Å². The molecule has 2 N–H and O–H groups in total. The zero-order valence-electron chi connectivity index (χ0n) is 9.96. The van der Waals surface area contributed by atoms with Crippen molar-refractivity contribution in [2.45, 2.75) is 13.8 Å². The molecule has 0 spiro atoms. The summed E-state index contributed by atoms with van der Waals surface area (Å²) in [4.78, 5) is 0. The van der Waals surface area contributed by atoms with Gasteiger partial charge in [0.1, 0.15) is 0 Å². The molecule has 84 valence electrons. The maximum atomic E-state index is 3.47. The van der Waals surface area contributed by atoms with Crippen molar-refractivity contribution in [3.05, 3.63) is 30.3 Å². The molecule has 0 bridgehead atoms. The molecule has 2 nitrogen and oxygen atoms in total. The summed E-state index contributed by atoms with van der Waals surface area (Å²) in [5.41, 5.74) is 1.21. The summed E-state index contributed by atoms with van der Waals surface area (Å²) >= 11 is 0. The van der Waals surface area contributed by atoms with Crippen LogP contribution in [-0.4, -0.2) is 20.1 Å². The first kappa shape index (κ1) is 12.1. The summed E-state index contributed by atoms with van der Waals surface area (Å²) in [6.45, 7) is 6.64. The highest BCUT2D eigenvalue weighted by atomic mass is 14.9. The fourth-order valence-electron chi connectivity index (χ4n) is 1.61. The van der Waals surface area contributed by atoms with Crippen LogP contribution in [-0.2, 0) is 0 Å². The Morgan fingerprint density at radius 1 is 1.07 bits per heavy atom. The summed E-state index contributed by atoms with van der Waals surface area (Å²) in [6, 6.07) is 10.4. The molecule has 0 aliphatic carbocycles. The highest BCUT2D eigenvalue weighted by molar-refractivity contribution is 5.42. The van der Waals surface area contributed by atoms with E-state index in [0.29, 0.717) is 11.8 Å². The molecule has 1 rings (SSSR count). The van der Waals surface area contributed by atoms with Crippen molar-refractivity contribution in [3.8, 4) is 0 Å². The minimum Gasteiger partial charge on any atom is -0.385 e. The quantitative estimate of drug-likeness (QED) is 0.747. The third-order valence-electron chi connectivity index (χ3n) is 2.75. The van der Waals surface area contributed by atoms with Gasteiger partial charge in [-0.1, -0.05) is 32.0 Å². The molecule has 1 unspecified atom stereocenters. The van der Waals surface area contributed by atoms with E-state index >= 15 is 0 Å². The van der Waals surface area contributed by atoms with E-state index in [2.05, 4.69) is 48.7 Å². The van der Waals surface area contributed by atoms with Gasteiger partial charge in [-0.15, -0.1) is 0 Å². The van der Waals surface area contributed by atoms with E-state index in [4.69, 9.17) is 0 Å². The molecule has 0 saturated heterocycles. The van der Waals surface area contributed by atoms with Crippen molar-refractivity contribution < 1.29 is 0 Å². The van der Waals surface area contributed by atoms with Crippen molar-refractivity contribution in [2.75, 3.05) is 25.5 Å². The van der Waals surface area contributed by atoms with E-state index in [1.54, 1.807) is 0 Å². The Hall–Kier alpha value is -1.02. The normalized spacial score (nSPS) is 12.8. The molecular formula is C13H22N2. The molecule has 0 aliphatic rings. The Balaban J connectivity index is 2.40. The number of nitrogens with one attached hydrogen (secondary N) is 2. The number of hydrogen-bond donors (Lipinski definition) is 2. The van der Waals surface area contributed by atoms with Crippen LogP contribution < -0.4 is 10.6 Å². The van der Waals surface area contributed by atoms with Gasteiger partial charge in [-0.3, -0.25) is 0 Å². The number of rotatable bonds is 6. The van der Waals surface area contributed by atoms with Crippen molar-refractivity contribution in [1.29, 1.82) is 0 Å². The van der Waals surface area contributed by atoms with Gasteiger partial charge >= 0.3 is 0 Å². The van der Waals surface area contributed by atoms with E-state index in [-0.39, 0.29) is 0 Å². The van der Waals surface area contributed by atoms with Crippen LogP contribution in [0.3, 0.4) is 0 Å². The third-order valence-corrected chi connectivity index (χ3v) is 2.75. The number of para-hydroxylation sites is 1. The molecule has 0 fully saturated rings. The molecule has 0 aromatic heterocycles. The molecule has 1 aromatic carbocycles. The summed E-state index contributed by atoms with van der Waals surface area (Å²) in [7, 11) is 2.01. The Bertz CT molecular complexity index is 256. The molecule has 0 amide bonds. The van der Waals surface area contributed by atoms with Crippen LogP contribution >= 0.6 is 0 Å². The first-order valence-electron chi connectivity index (χ1n) is 5.67. The van der Waals surface area contributed by atoms with E-state index in [1.807, 2.05) is 13.1 Å². The van der Waals surface area contributed by atoms with Crippen LogP contribution in [0.25, 0.3) is 0 Å². The lowest BCUT2D eigenvalue weighted by Crippen LogP contribution is -2.29. The smallest absolute Gasteiger partial charge is 0.0340 e. The van der Waals surface area contributed by atoms with Crippen LogP contribution in [0.2, 0.25) is 0 Å². The van der Waals surface area contributed by atoms with Gasteiger partial charge in [-0.25, -0.2) is 0 Å². The van der Waals surface area contributed by atoms with Gasteiger partial charge in [-0.2, -0.15) is 0 Å². The monoisotopic (exact) mass is 206 g/mol. The Labute approximate surface area is 93.1 Å². The summed E-state index contributed by atoms with van der Waals surface area (Å²) in [5.74, 6) is 1.38. The lowest BCUT2D eigenvalue weighted by molar-refractivity contribution is 0.390. The van der Waals surface area contributed by atoms with Crippen molar-refractivity contribution in [3.63, 3.8) is 0 Å². The van der Waals surface area contributed by atoms with E-state index in [1.165, 1.54) is 5.69 Å². The Morgan fingerprint density at radius 3 is 2.27 bits per heavy atom. The van der Waals surface area contributed by atoms with Gasteiger partial charge in [0.15, 0.2) is 0 Å². The van der Waals surface area contributed by atoms with E-state index < -0.39 is 0 Å². The van der Waals surface area contributed by atoms with Crippen LogP contribution in [0, 0.1) is 11.8 Å². The van der Waals surface area contributed by atoms with E-state index in [0.717, 1.165) is 13.1 Å². The highest BCUT2D eigenvalue weighted by Gasteiger charge is 2.11. The summed E-state index contributed by atoms with van der Waals surface area (Å²) < 4.78 is 0. The number of anilines is 1. The van der Waals surface area contributed by atoms with Crippen molar-refractivity contribution >= 4 is 5.69 Å². The summed E-state index contributed by atoms with van der Waals surface area (Å²) in [5, 5.41) is 6.72. The fourth-order valence-corrected chi connectivity index (χ4v) is 1.61. The highest BCUT2D eigenvalue weighted by Crippen LogP contribution is 2.12. The van der Waals surface area contributed by atoms with Gasteiger partial charge < -0.3 is 10.6 Å². The average Bonchev–Trinajstić information content (AvgIpc) is 2.25. The molecule has 1 aromatic rings. The minimum atomic E-state index is 0.676. The first-order chi connectivity index (χ1) is 7.24. The van der Waals surface area contributed by atoms with E-state index in [9.17, 15) is 0 Å². The predicted octanol–water partition coefficient (Wildman–Crippen LogP) is 2.59. The molecule has 0 saturated carbocycles. The maximum absolute atomic E-state index is 3.47. The molecule has 0 aliphatic heterocycles. The number of benzene rings is 1. The zero-order chi connectivity index (χ0) is 11.1. The standard InChI is InChI=1S/C13H22N2/c1-11(2)12(9-14-3)10-15-13-7-5-4-6-8-13/h4-8,11-12,14-15H,9-10H2,1-3H3. The third kappa shape index (κ3) is 4.34. The Kier molecular flexibility index (Phi) is 5.19. The molecule has 15 heavy (non-hydrogen) atoms. The Morgan fingerprint density at radius 2 is 1.73 bits per heavy atom. The topological polar surface area (TPSA) is 24.1 Å². The average molecular weight is 206 g/mol. The number of hydrogen-bond acceptors (Lipinski definition) is 2. The largest absolute Gasteiger partial charge is 0.385 e. The molecule has 0 heterocycles. The van der Waals surface area contributed by atoms with Gasteiger partial charge in [0.05, 0.1) is 0 Å². The lowest BCUT2D eigenvalue weighted by Gasteiger charge is -2.21. The zero-order valence-corrected chi connectivity index (χ0v) is 9.96. The molecule has 1 atom stereocenters. The van der Waals surface area contributed by atoms with Gasteiger partial charge in [0.25, 0.3) is 0 Å².